The van der Waals surface area contributed by atoms with E-state index in [4.69, 9.17) is 13.8 Å². The van der Waals surface area contributed by atoms with Crippen molar-refractivity contribution in [2.24, 2.45) is 5.41 Å². The van der Waals surface area contributed by atoms with Crippen LogP contribution in [-0.4, -0.2) is 55.2 Å². The van der Waals surface area contributed by atoms with Crippen LogP contribution >= 0.6 is 7.75 Å². The lowest BCUT2D eigenvalue weighted by molar-refractivity contribution is -0.145. The average molecular weight is 457 g/mol. The fourth-order valence-electron chi connectivity index (χ4n) is 2.67. The maximum absolute atomic E-state index is 12.8. The normalized spacial score (nSPS) is 23.4. The molecule has 11 nitrogen and oxygen atoms in total. The molecule has 1 aromatic rings. The van der Waals surface area contributed by atoms with Crippen LogP contribution in [0.2, 0.25) is 0 Å². The number of nitrogens with zero attached hydrogens (tertiary/aromatic N) is 1. The summed E-state index contributed by atoms with van der Waals surface area (Å²) >= 11 is 0. The van der Waals surface area contributed by atoms with E-state index < -0.39 is 43.2 Å². The van der Waals surface area contributed by atoms with E-state index in [0.717, 1.165) is 5.56 Å². The highest BCUT2D eigenvalue weighted by atomic mass is 31.2. The lowest BCUT2D eigenvalue weighted by Gasteiger charge is -2.40. The number of hydrogen-bond donors (Lipinski definition) is 2. The Kier molecular flexibility index (Phi) is 8.69. The molecule has 2 rings (SSSR count). The molecule has 0 spiro atoms. The molecular formula is C19H28N3O8P. The van der Waals surface area contributed by atoms with Crippen molar-refractivity contribution in [2.75, 3.05) is 20.3 Å². The second-order valence-corrected chi connectivity index (χ2v) is 9.40. The van der Waals surface area contributed by atoms with Gasteiger partial charge in [0.05, 0.1) is 20.1 Å². The molecule has 1 fully saturated rings. The number of rotatable bonds is 9. The molecule has 1 aliphatic heterocycles. The SMILES string of the molecule is COC(=O)C(C)NP1(=O)OCC(C)(C)[C@H](C(=O)NCCC(=O)OCc2ccncc2)O1. The van der Waals surface area contributed by atoms with Gasteiger partial charge in [-0.25, -0.2) is 9.65 Å². The van der Waals surface area contributed by atoms with Crippen LogP contribution in [-0.2, 0) is 44.1 Å². The van der Waals surface area contributed by atoms with Gasteiger partial charge in [0.1, 0.15) is 12.6 Å². The highest BCUT2D eigenvalue weighted by Crippen LogP contribution is 2.53. The lowest BCUT2D eigenvalue weighted by Crippen LogP contribution is -2.51. The maximum Gasteiger partial charge on any atom is 0.407 e. The molecule has 172 valence electrons. The van der Waals surface area contributed by atoms with Crippen molar-refractivity contribution in [1.29, 1.82) is 0 Å². The van der Waals surface area contributed by atoms with Crippen LogP contribution in [0.5, 0.6) is 0 Å². The minimum atomic E-state index is -3.93. The molecule has 0 aliphatic carbocycles. The number of aromatic nitrogens is 1. The zero-order chi connectivity index (χ0) is 23.1. The Labute approximate surface area is 180 Å². The lowest BCUT2D eigenvalue weighted by atomic mass is 9.87. The molecule has 2 heterocycles. The number of nitrogens with one attached hydrogen (secondary N) is 2. The molecule has 1 aliphatic rings. The van der Waals surface area contributed by atoms with Crippen LogP contribution < -0.4 is 10.4 Å². The molecule has 1 amide bonds. The largest absolute Gasteiger partial charge is 0.468 e. The van der Waals surface area contributed by atoms with Crippen LogP contribution in [0.4, 0.5) is 0 Å². The number of ether oxygens (including phenoxy) is 2. The zero-order valence-corrected chi connectivity index (χ0v) is 18.8. The summed E-state index contributed by atoms with van der Waals surface area (Å²) in [4.78, 5) is 40.0. The molecule has 0 saturated carbocycles. The summed E-state index contributed by atoms with van der Waals surface area (Å²) in [5.74, 6) is -1.69. The Bertz CT molecular complexity index is 833. The van der Waals surface area contributed by atoms with Gasteiger partial charge >= 0.3 is 19.7 Å². The van der Waals surface area contributed by atoms with E-state index in [1.807, 2.05) is 0 Å². The van der Waals surface area contributed by atoms with Gasteiger partial charge in [-0.3, -0.25) is 28.4 Å². The van der Waals surface area contributed by atoms with Gasteiger partial charge in [0.25, 0.3) is 0 Å². The van der Waals surface area contributed by atoms with E-state index >= 15 is 0 Å². The third-order valence-electron chi connectivity index (χ3n) is 4.48. The number of carbonyl (C=O) groups is 3. The first-order valence-electron chi connectivity index (χ1n) is 9.67. The van der Waals surface area contributed by atoms with Crippen molar-refractivity contribution in [3.63, 3.8) is 0 Å². The van der Waals surface area contributed by atoms with Gasteiger partial charge in [-0.05, 0) is 24.6 Å². The smallest absolute Gasteiger partial charge is 0.407 e. The van der Waals surface area contributed by atoms with E-state index in [9.17, 15) is 18.9 Å². The number of carbonyl (C=O) groups excluding carboxylic acids is 3. The standard InChI is InChI=1S/C19H28N3O8P/c1-13(18(25)27-4)22-31(26)29-12-19(2,3)16(30-31)17(24)21-10-7-15(23)28-11-14-5-8-20-9-6-14/h5-6,8-9,13,16H,7,10-12H2,1-4H3,(H,21,24)(H,22,26)/t13?,16-,31?/m0/s1. The number of pyridine rings is 1. The van der Waals surface area contributed by atoms with Crippen molar-refractivity contribution in [1.82, 2.24) is 15.4 Å². The quantitative estimate of drug-likeness (QED) is 0.412. The van der Waals surface area contributed by atoms with Crippen molar-refractivity contribution in [2.45, 2.75) is 45.9 Å². The Morgan fingerprint density at radius 3 is 2.65 bits per heavy atom. The van der Waals surface area contributed by atoms with E-state index in [1.165, 1.54) is 14.0 Å². The van der Waals surface area contributed by atoms with E-state index in [2.05, 4.69) is 20.1 Å². The minimum Gasteiger partial charge on any atom is -0.468 e. The molecule has 2 N–H and O–H groups in total. The third kappa shape index (κ3) is 7.39. The van der Waals surface area contributed by atoms with Gasteiger partial charge in [0.2, 0.25) is 5.91 Å². The Morgan fingerprint density at radius 1 is 1.32 bits per heavy atom. The summed E-state index contributed by atoms with van der Waals surface area (Å²) in [5, 5.41) is 5.04. The summed E-state index contributed by atoms with van der Waals surface area (Å²) in [7, 11) is -2.74. The van der Waals surface area contributed by atoms with Crippen molar-refractivity contribution >= 4 is 25.6 Å². The van der Waals surface area contributed by atoms with Gasteiger partial charge in [-0.15, -0.1) is 0 Å². The fraction of sp³-hybridized carbons (Fsp3) is 0.579. The number of amides is 1. The first kappa shape index (κ1) is 24.9. The summed E-state index contributed by atoms with van der Waals surface area (Å²) in [5.41, 5.74) is 0.00456. The predicted molar refractivity (Wildman–Crippen MR) is 108 cm³/mol. The van der Waals surface area contributed by atoms with E-state index in [-0.39, 0.29) is 26.2 Å². The van der Waals surface area contributed by atoms with Gasteiger partial charge in [0, 0.05) is 24.4 Å². The molecule has 31 heavy (non-hydrogen) atoms. The molecule has 1 saturated heterocycles. The zero-order valence-electron chi connectivity index (χ0n) is 18.0. The summed E-state index contributed by atoms with van der Waals surface area (Å²) in [6.45, 7) is 4.95. The van der Waals surface area contributed by atoms with Gasteiger partial charge in [-0.2, -0.15) is 0 Å². The highest BCUT2D eigenvalue weighted by molar-refractivity contribution is 7.51. The third-order valence-corrected chi connectivity index (χ3v) is 6.14. The number of methoxy groups -OCH3 is 1. The minimum absolute atomic E-state index is 0.0150. The topological polar surface area (TPSA) is 142 Å². The van der Waals surface area contributed by atoms with E-state index in [0.29, 0.717) is 0 Å². The van der Waals surface area contributed by atoms with Crippen LogP contribution in [0.15, 0.2) is 24.5 Å². The monoisotopic (exact) mass is 457 g/mol. The number of esters is 2. The Balaban J connectivity index is 1.86. The van der Waals surface area contributed by atoms with Crippen LogP contribution in [0.25, 0.3) is 0 Å². The summed E-state index contributed by atoms with van der Waals surface area (Å²) in [6.07, 6.45) is 2.02. The number of hydrogen-bond acceptors (Lipinski definition) is 9. The molecule has 2 unspecified atom stereocenters. The Hall–Kier alpha value is -2.33. The molecular weight excluding hydrogens is 429 g/mol. The first-order valence-corrected chi connectivity index (χ1v) is 11.2. The molecule has 0 aromatic carbocycles. The second kappa shape index (κ2) is 10.8. The van der Waals surface area contributed by atoms with Crippen LogP contribution in [0.3, 0.4) is 0 Å². The van der Waals surface area contributed by atoms with Gasteiger partial charge in [0.15, 0.2) is 6.10 Å². The van der Waals surface area contributed by atoms with Gasteiger partial charge < -0.3 is 14.8 Å². The molecule has 12 heteroatoms. The second-order valence-electron chi connectivity index (χ2n) is 7.68. The molecule has 0 radical (unpaired) electrons. The Morgan fingerprint density at radius 2 is 2.00 bits per heavy atom. The van der Waals surface area contributed by atoms with Crippen molar-refractivity contribution < 1.29 is 37.5 Å². The highest BCUT2D eigenvalue weighted by Gasteiger charge is 2.48. The van der Waals surface area contributed by atoms with Crippen molar-refractivity contribution in [3.8, 4) is 0 Å². The summed E-state index contributed by atoms with van der Waals surface area (Å²) in [6, 6.07) is 2.50. The fourth-order valence-corrected chi connectivity index (χ4v) is 4.61. The molecule has 0 bridgehead atoms. The predicted octanol–water partition coefficient (Wildman–Crippen LogP) is 1.33. The van der Waals surface area contributed by atoms with Crippen LogP contribution in [0, 0.1) is 5.41 Å². The first-order chi connectivity index (χ1) is 14.6. The maximum atomic E-state index is 12.8. The van der Waals surface area contributed by atoms with Crippen molar-refractivity contribution in [3.05, 3.63) is 30.1 Å². The van der Waals surface area contributed by atoms with Gasteiger partial charge in [-0.1, -0.05) is 13.8 Å². The summed E-state index contributed by atoms with van der Waals surface area (Å²) < 4.78 is 33.3. The molecule has 3 atom stereocenters. The molecule has 1 aromatic heterocycles. The van der Waals surface area contributed by atoms with Crippen LogP contribution in [0.1, 0.15) is 32.8 Å². The average Bonchev–Trinajstić information content (AvgIpc) is 2.74. The van der Waals surface area contributed by atoms with E-state index in [1.54, 1.807) is 38.4 Å².